The van der Waals surface area contributed by atoms with E-state index < -0.39 is 0 Å². The van der Waals surface area contributed by atoms with Crippen LogP contribution in [-0.2, 0) is 0 Å². The first kappa shape index (κ1) is 18.4. The Labute approximate surface area is 163 Å². The fourth-order valence-electron chi connectivity index (χ4n) is 3.68. The molecular weight excluding hydrogens is 357 g/mol. The van der Waals surface area contributed by atoms with Gasteiger partial charge in [0.05, 0.1) is 17.3 Å². The van der Waals surface area contributed by atoms with Crippen molar-refractivity contribution in [3.05, 3.63) is 66.1 Å². The second kappa shape index (κ2) is 7.94. The second-order valence-electron chi connectivity index (χ2n) is 7.02. The minimum atomic E-state index is -0.373. The molecule has 1 aliphatic heterocycles. The summed E-state index contributed by atoms with van der Waals surface area (Å²) < 4.78 is 19.9. The second-order valence-corrected chi connectivity index (χ2v) is 7.02. The molecule has 0 saturated carbocycles. The molecule has 0 bridgehead atoms. The quantitative estimate of drug-likeness (QED) is 0.732. The lowest BCUT2D eigenvalue weighted by molar-refractivity contribution is 0.0787. The zero-order chi connectivity index (χ0) is 19.5. The first-order valence-electron chi connectivity index (χ1n) is 9.41. The Morgan fingerprint density at radius 1 is 1.21 bits per heavy atom. The van der Waals surface area contributed by atoms with E-state index in [0.29, 0.717) is 34.3 Å². The molecule has 5 nitrogen and oxygen atoms in total. The van der Waals surface area contributed by atoms with Crippen molar-refractivity contribution in [2.75, 3.05) is 26.7 Å². The van der Waals surface area contributed by atoms with E-state index in [2.05, 4.69) is 10.3 Å². The van der Waals surface area contributed by atoms with Gasteiger partial charge in [0, 0.05) is 18.7 Å². The van der Waals surface area contributed by atoms with E-state index in [1.54, 1.807) is 24.3 Å². The molecular formula is C22H22FN3O2. The third-order valence-corrected chi connectivity index (χ3v) is 5.10. The molecule has 0 radical (unpaired) electrons. The number of hydrogen-bond donors (Lipinski definition) is 1. The summed E-state index contributed by atoms with van der Waals surface area (Å²) in [5.41, 5.74) is 1.52. The highest BCUT2D eigenvalue weighted by atomic mass is 19.1. The van der Waals surface area contributed by atoms with Gasteiger partial charge in [-0.2, -0.15) is 0 Å². The van der Waals surface area contributed by atoms with E-state index in [1.807, 2.05) is 30.1 Å². The van der Waals surface area contributed by atoms with Gasteiger partial charge in [0.1, 0.15) is 5.82 Å². The minimum absolute atomic E-state index is 0.0279. The molecule has 1 aromatic heterocycles. The van der Waals surface area contributed by atoms with Crippen LogP contribution >= 0.6 is 0 Å². The predicted molar refractivity (Wildman–Crippen MR) is 105 cm³/mol. The lowest BCUT2D eigenvalue weighted by Gasteiger charge is -2.18. The standard InChI is InChI=1S/C22H22FN3O2/c1-24-12-15-10-11-26(14-15)22(27)17-7-3-2-6-16(17)21-25-13-20(28-21)18-8-4-5-9-19(18)23/h2-9,13,15,24H,10-12,14H2,1H3/t15-/m0/s1. The average Bonchev–Trinajstić information content (AvgIpc) is 3.38. The molecule has 2 aromatic carbocycles. The number of hydrogen-bond acceptors (Lipinski definition) is 4. The van der Waals surface area contributed by atoms with Gasteiger partial charge >= 0.3 is 0 Å². The monoisotopic (exact) mass is 379 g/mol. The first-order chi connectivity index (χ1) is 13.7. The van der Waals surface area contributed by atoms with Crippen molar-refractivity contribution in [3.63, 3.8) is 0 Å². The molecule has 2 heterocycles. The van der Waals surface area contributed by atoms with Crippen molar-refractivity contribution in [3.8, 4) is 22.8 Å². The maximum absolute atomic E-state index is 14.0. The number of carbonyl (C=O) groups excluding carboxylic acids is 1. The van der Waals surface area contributed by atoms with Crippen LogP contribution in [0.25, 0.3) is 22.8 Å². The fraction of sp³-hybridized carbons (Fsp3) is 0.273. The molecule has 0 aliphatic carbocycles. The Hall–Kier alpha value is -2.99. The minimum Gasteiger partial charge on any atom is -0.436 e. The summed E-state index contributed by atoms with van der Waals surface area (Å²) in [6.07, 6.45) is 2.49. The van der Waals surface area contributed by atoms with Crippen LogP contribution in [0, 0.1) is 11.7 Å². The molecule has 1 atom stereocenters. The third kappa shape index (κ3) is 3.55. The lowest BCUT2D eigenvalue weighted by atomic mass is 10.1. The Morgan fingerprint density at radius 3 is 2.75 bits per heavy atom. The molecule has 144 valence electrons. The van der Waals surface area contributed by atoms with Crippen molar-refractivity contribution in [1.82, 2.24) is 15.2 Å². The van der Waals surface area contributed by atoms with E-state index in [1.165, 1.54) is 12.3 Å². The number of benzene rings is 2. The SMILES string of the molecule is CNC[C@@H]1CCN(C(=O)c2ccccc2-c2ncc(-c3ccccc3F)o2)C1. The molecule has 6 heteroatoms. The molecule has 1 aliphatic rings. The van der Waals surface area contributed by atoms with Crippen LogP contribution in [0.2, 0.25) is 0 Å². The van der Waals surface area contributed by atoms with Crippen molar-refractivity contribution >= 4 is 5.91 Å². The van der Waals surface area contributed by atoms with Crippen molar-refractivity contribution < 1.29 is 13.6 Å². The van der Waals surface area contributed by atoms with Crippen LogP contribution in [0.3, 0.4) is 0 Å². The Kier molecular flexibility index (Phi) is 5.21. The van der Waals surface area contributed by atoms with Gasteiger partial charge in [0.25, 0.3) is 5.91 Å². The van der Waals surface area contributed by atoms with Crippen LogP contribution in [0.1, 0.15) is 16.8 Å². The Balaban J connectivity index is 1.62. The van der Waals surface area contributed by atoms with Gasteiger partial charge in [-0.3, -0.25) is 4.79 Å². The Morgan fingerprint density at radius 2 is 1.96 bits per heavy atom. The number of aromatic nitrogens is 1. The number of carbonyl (C=O) groups is 1. The normalized spacial score (nSPS) is 16.5. The van der Waals surface area contributed by atoms with E-state index in [4.69, 9.17) is 4.42 Å². The largest absolute Gasteiger partial charge is 0.436 e. The van der Waals surface area contributed by atoms with Crippen LogP contribution in [0.15, 0.2) is 59.1 Å². The van der Waals surface area contributed by atoms with Crippen molar-refractivity contribution in [2.24, 2.45) is 5.92 Å². The van der Waals surface area contributed by atoms with Crippen LogP contribution < -0.4 is 5.32 Å². The van der Waals surface area contributed by atoms with Crippen LogP contribution in [0.4, 0.5) is 4.39 Å². The van der Waals surface area contributed by atoms with Gasteiger partial charge < -0.3 is 14.6 Å². The van der Waals surface area contributed by atoms with Gasteiger partial charge in [-0.15, -0.1) is 0 Å². The summed E-state index contributed by atoms with van der Waals surface area (Å²) in [5, 5.41) is 3.18. The summed E-state index contributed by atoms with van der Waals surface area (Å²) in [5.74, 6) is 0.719. The summed E-state index contributed by atoms with van der Waals surface area (Å²) in [7, 11) is 1.93. The predicted octanol–water partition coefficient (Wildman–Crippen LogP) is 3.83. The molecule has 28 heavy (non-hydrogen) atoms. The number of nitrogens with one attached hydrogen (secondary N) is 1. The molecule has 0 unspecified atom stereocenters. The number of likely N-dealkylation sites (tertiary alicyclic amines) is 1. The van der Waals surface area contributed by atoms with E-state index in [0.717, 1.165) is 26.1 Å². The van der Waals surface area contributed by atoms with Crippen molar-refractivity contribution in [1.29, 1.82) is 0 Å². The summed E-state index contributed by atoms with van der Waals surface area (Å²) in [6, 6.07) is 13.7. The summed E-state index contributed by atoms with van der Waals surface area (Å²) >= 11 is 0. The number of amides is 1. The maximum Gasteiger partial charge on any atom is 0.254 e. The molecule has 4 rings (SSSR count). The smallest absolute Gasteiger partial charge is 0.254 e. The van der Waals surface area contributed by atoms with Crippen LogP contribution in [0.5, 0.6) is 0 Å². The highest BCUT2D eigenvalue weighted by molar-refractivity contribution is 6.00. The molecule has 1 fully saturated rings. The molecule has 1 amide bonds. The van der Waals surface area contributed by atoms with Gasteiger partial charge in [-0.05, 0) is 50.2 Å². The van der Waals surface area contributed by atoms with Gasteiger partial charge in [0.15, 0.2) is 5.76 Å². The number of halogens is 1. The fourth-order valence-corrected chi connectivity index (χ4v) is 3.68. The van der Waals surface area contributed by atoms with Gasteiger partial charge in [0.2, 0.25) is 5.89 Å². The van der Waals surface area contributed by atoms with E-state index >= 15 is 0 Å². The Bertz CT molecular complexity index is 985. The number of nitrogens with zero attached hydrogens (tertiary/aromatic N) is 2. The summed E-state index contributed by atoms with van der Waals surface area (Å²) in [4.78, 5) is 19.3. The van der Waals surface area contributed by atoms with E-state index in [-0.39, 0.29) is 11.7 Å². The number of rotatable bonds is 5. The third-order valence-electron chi connectivity index (χ3n) is 5.10. The maximum atomic E-state index is 14.0. The topological polar surface area (TPSA) is 58.4 Å². The van der Waals surface area contributed by atoms with Gasteiger partial charge in [-0.25, -0.2) is 9.37 Å². The highest BCUT2D eigenvalue weighted by Crippen LogP contribution is 2.30. The van der Waals surface area contributed by atoms with E-state index in [9.17, 15) is 9.18 Å². The van der Waals surface area contributed by atoms with Crippen molar-refractivity contribution in [2.45, 2.75) is 6.42 Å². The molecule has 3 aromatic rings. The zero-order valence-corrected chi connectivity index (χ0v) is 15.7. The zero-order valence-electron chi connectivity index (χ0n) is 15.7. The molecule has 1 N–H and O–H groups in total. The average molecular weight is 379 g/mol. The highest BCUT2D eigenvalue weighted by Gasteiger charge is 2.28. The molecule has 1 saturated heterocycles. The van der Waals surface area contributed by atoms with Gasteiger partial charge in [-0.1, -0.05) is 24.3 Å². The first-order valence-corrected chi connectivity index (χ1v) is 9.41. The summed E-state index contributed by atoms with van der Waals surface area (Å²) in [6.45, 7) is 2.38. The van der Waals surface area contributed by atoms with Crippen LogP contribution in [-0.4, -0.2) is 42.5 Å². The number of oxazole rings is 1. The lowest BCUT2D eigenvalue weighted by Crippen LogP contribution is -2.30. The molecule has 0 spiro atoms.